The molecule has 1 amide bonds. The number of anilines is 1. The number of likely N-dealkylation sites (tertiary alicyclic amines) is 1. The monoisotopic (exact) mass is 347 g/mol. The lowest BCUT2D eigenvalue weighted by atomic mass is 10.1. The Morgan fingerprint density at radius 3 is 2.95 bits per heavy atom. The number of nitrogens with one attached hydrogen (secondary N) is 2. The van der Waals surface area contributed by atoms with Crippen LogP contribution in [0.25, 0.3) is 0 Å². The summed E-state index contributed by atoms with van der Waals surface area (Å²) in [7, 11) is 3.28. The zero-order valence-electron chi connectivity index (χ0n) is 12.8. The van der Waals surface area contributed by atoms with Crippen molar-refractivity contribution in [1.29, 1.82) is 0 Å². The van der Waals surface area contributed by atoms with Crippen LogP contribution in [0, 0.1) is 5.92 Å². The maximum atomic E-state index is 12.1. The van der Waals surface area contributed by atoms with Gasteiger partial charge in [-0.3, -0.25) is 9.69 Å². The van der Waals surface area contributed by atoms with E-state index in [1.165, 1.54) is 18.4 Å². The first-order valence-electron chi connectivity index (χ1n) is 6.96. The highest BCUT2D eigenvalue weighted by molar-refractivity contribution is 7.12. The molecule has 22 heavy (non-hydrogen) atoms. The minimum Gasteiger partial charge on any atom is -0.465 e. The van der Waals surface area contributed by atoms with Crippen LogP contribution >= 0.6 is 23.7 Å². The van der Waals surface area contributed by atoms with Crippen molar-refractivity contribution in [3.8, 4) is 0 Å². The molecule has 0 radical (unpaired) electrons. The van der Waals surface area contributed by atoms with Gasteiger partial charge in [0.1, 0.15) is 4.88 Å². The number of methoxy groups -OCH3 is 1. The first-order chi connectivity index (χ1) is 10.1. The Labute approximate surface area is 140 Å². The number of esters is 1. The molecule has 1 saturated heterocycles. The van der Waals surface area contributed by atoms with E-state index in [2.05, 4.69) is 15.5 Å². The van der Waals surface area contributed by atoms with E-state index in [9.17, 15) is 9.59 Å². The van der Waals surface area contributed by atoms with Gasteiger partial charge in [-0.1, -0.05) is 0 Å². The van der Waals surface area contributed by atoms with Crippen LogP contribution in [0.2, 0.25) is 0 Å². The maximum Gasteiger partial charge on any atom is 0.350 e. The van der Waals surface area contributed by atoms with Gasteiger partial charge in [0.2, 0.25) is 5.91 Å². The SMILES string of the molecule is CNCC1CCN(CC(=O)Nc2ccsc2C(=O)OC)C1.Cl. The number of carbonyl (C=O) groups is 2. The summed E-state index contributed by atoms with van der Waals surface area (Å²) in [6.45, 7) is 3.21. The number of rotatable bonds is 6. The van der Waals surface area contributed by atoms with Crippen LogP contribution in [0.1, 0.15) is 16.1 Å². The Kier molecular flexibility index (Phi) is 7.81. The molecule has 1 aromatic heterocycles. The predicted molar refractivity (Wildman–Crippen MR) is 90.0 cm³/mol. The molecule has 1 unspecified atom stereocenters. The molecule has 124 valence electrons. The molecule has 2 N–H and O–H groups in total. The van der Waals surface area contributed by atoms with Crippen molar-refractivity contribution in [2.24, 2.45) is 5.92 Å². The van der Waals surface area contributed by atoms with E-state index in [4.69, 9.17) is 4.74 Å². The van der Waals surface area contributed by atoms with Crippen molar-refractivity contribution >= 4 is 41.3 Å². The number of halogens is 1. The molecule has 0 bridgehead atoms. The fourth-order valence-corrected chi connectivity index (χ4v) is 3.33. The normalized spacial score (nSPS) is 17.8. The second-order valence-electron chi connectivity index (χ2n) is 5.15. The number of ether oxygens (including phenoxy) is 1. The van der Waals surface area contributed by atoms with Gasteiger partial charge in [0.05, 0.1) is 19.3 Å². The number of amides is 1. The third-order valence-corrected chi connectivity index (χ3v) is 4.43. The zero-order valence-corrected chi connectivity index (χ0v) is 14.4. The number of nitrogens with zero attached hydrogens (tertiary/aromatic N) is 1. The minimum atomic E-state index is -0.421. The first kappa shape index (κ1) is 18.9. The molecule has 1 atom stereocenters. The van der Waals surface area contributed by atoms with Crippen LogP contribution in [0.4, 0.5) is 5.69 Å². The molecule has 0 saturated carbocycles. The lowest BCUT2D eigenvalue weighted by Gasteiger charge is -2.15. The molecule has 2 rings (SSSR count). The van der Waals surface area contributed by atoms with E-state index >= 15 is 0 Å². The Morgan fingerprint density at radius 1 is 1.50 bits per heavy atom. The molecular weight excluding hydrogens is 326 g/mol. The van der Waals surface area contributed by atoms with Crippen molar-refractivity contribution < 1.29 is 14.3 Å². The second kappa shape index (κ2) is 9.09. The largest absolute Gasteiger partial charge is 0.465 e. The van der Waals surface area contributed by atoms with Crippen LogP contribution in [-0.4, -0.2) is 57.1 Å². The van der Waals surface area contributed by atoms with Crippen LogP contribution in [-0.2, 0) is 9.53 Å². The molecule has 0 aromatic carbocycles. The van der Waals surface area contributed by atoms with E-state index in [0.717, 1.165) is 26.1 Å². The van der Waals surface area contributed by atoms with Crippen molar-refractivity contribution in [2.75, 3.05) is 45.7 Å². The lowest BCUT2D eigenvalue weighted by molar-refractivity contribution is -0.117. The highest BCUT2D eigenvalue weighted by Crippen LogP contribution is 2.23. The lowest BCUT2D eigenvalue weighted by Crippen LogP contribution is -2.32. The van der Waals surface area contributed by atoms with E-state index in [1.807, 2.05) is 7.05 Å². The van der Waals surface area contributed by atoms with Crippen molar-refractivity contribution in [2.45, 2.75) is 6.42 Å². The molecule has 8 heteroatoms. The summed E-state index contributed by atoms with van der Waals surface area (Å²) < 4.78 is 4.69. The molecule has 0 aliphatic carbocycles. The fraction of sp³-hybridized carbons (Fsp3) is 0.571. The van der Waals surface area contributed by atoms with Crippen molar-refractivity contribution in [3.05, 3.63) is 16.3 Å². The standard InChI is InChI=1S/C14H21N3O3S.ClH/c1-15-7-10-3-5-17(8-10)9-12(18)16-11-4-6-21-13(11)14(19)20-2;/h4,6,10,15H,3,5,7-9H2,1-2H3,(H,16,18);1H. The summed E-state index contributed by atoms with van der Waals surface area (Å²) >= 11 is 1.26. The predicted octanol–water partition coefficient (Wildman–Crippen LogP) is 1.44. The molecule has 0 spiro atoms. The second-order valence-corrected chi connectivity index (χ2v) is 6.07. The van der Waals surface area contributed by atoms with Gasteiger partial charge >= 0.3 is 5.97 Å². The van der Waals surface area contributed by atoms with E-state index < -0.39 is 5.97 Å². The summed E-state index contributed by atoms with van der Waals surface area (Å²) in [5, 5.41) is 7.73. The molecule has 1 aromatic rings. The van der Waals surface area contributed by atoms with Crippen LogP contribution < -0.4 is 10.6 Å². The molecule has 2 heterocycles. The summed E-state index contributed by atoms with van der Waals surface area (Å²) in [5.41, 5.74) is 0.530. The maximum absolute atomic E-state index is 12.1. The number of thiophene rings is 1. The smallest absolute Gasteiger partial charge is 0.350 e. The number of hydrogen-bond donors (Lipinski definition) is 2. The Balaban J connectivity index is 0.00000242. The highest BCUT2D eigenvalue weighted by Gasteiger charge is 2.24. The summed E-state index contributed by atoms with van der Waals surface area (Å²) in [5.74, 6) is 0.0915. The van der Waals surface area contributed by atoms with Crippen molar-refractivity contribution in [3.63, 3.8) is 0 Å². The van der Waals surface area contributed by atoms with Crippen LogP contribution in [0.15, 0.2) is 11.4 Å². The summed E-state index contributed by atoms with van der Waals surface area (Å²) in [4.78, 5) is 26.2. The van der Waals surface area contributed by atoms with Gasteiger partial charge in [0.25, 0.3) is 0 Å². The number of carbonyl (C=O) groups excluding carboxylic acids is 2. The average Bonchev–Trinajstić information content (AvgIpc) is 3.08. The van der Waals surface area contributed by atoms with Gasteiger partial charge < -0.3 is 15.4 Å². The molecule has 1 fully saturated rings. The average molecular weight is 348 g/mol. The van der Waals surface area contributed by atoms with Gasteiger partial charge in [-0.2, -0.15) is 0 Å². The number of hydrogen-bond acceptors (Lipinski definition) is 6. The third-order valence-electron chi connectivity index (χ3n) is 3.54. The quantitative estimate of drug-likeness (QED) is 0.762. The van der Waals surface area contributed by atoms with Gasteiger partial charge in [0, 0.05) is 6.54 Å². The third kappa shape index (κ3) is 4.95. The van der Waals surface area contributed by atoms with Crippen molar-refractivity contribution in [1.82, 2.24) is 10.2 Å². The van der Waals surface area contributed by atoms with Crippen LogP contribution in [0.5, 0.6) is 0 Å². The van der Waals surface area contributed by atoms with Gasteiger partial charge in [-0.15, -0.1) is 23.7 Å². The summed E-state index contributed by atoms with van der Waals surface area (Å²) in [6.07, 6.45) is 1.11. The molecule has 1 aliphatic rings. The van der Waals surface area contributed by atoms with E-state index in [0.29, 0.717) is 23.0 Å². The Morgan fingerprint density at radius 2 is 2.27 bits per heavy atom. The van der Waals surface area contributed by atoms with Crippen LogP contribution in [0.3, 0.4) is 0 Å². The Hall–Kier alpha value is -1.15. The van der Waals surface area contributed by atoms with Gasteiger partial charge in [0.15, 0.2) is 0 Å². The first-order valence-corrected chi connectivity index (χ1v) is 7.84. The molecule has 6 nitrogen and oxygen atoms in total. The fourth-order valence-electron chi connectivity index (χ4n) is 2.56. The Bertz CT molecular complexity index is 509. The highest BCUT2D eigenvalue weighted by atomic mass is 35.5. The van der Waals surface area contributed by atoms with E-state index in [1.54, 1.807) is 11.4 Å². The molecular formula is C14H22ClN3O3S. The summed E-state index contributed by atoms with van der Waals surface area (Å²) in [6, 6.07) is 1.72. The van der Waals surface area contributed by atoms with Gasteiger partial charge in [-0.25, -0.2) is 4.79 Å². The minimum absolute atomic E-state index is 0. The molecule has 1 aliphatic heterocycles. The van der Waals surface area contributed by atoms with E-state index in [-0.39, 0.29) is 18.3 Å². The zero-order chi connectivity index (χ0) is 15.2. The van der Waals surface area contributed by atoms with Gasteiger partial charge in [-0.05, 0) is 43.9 Å². The topological polar surface area (TPSA) is 70.7 Å².